The Morgan fingerprint density at radius 1 is 1.22 bits per heavy atom. The maximum absolute atomic E-state index is 12.2. The minimum absolute atomic E-state index is 0.0216. The molecule has 7 heteroatoms. The third-order valence-electron chi connectivity index (χ3n) is 3.17. The normalized spacial score (nSPS) is 12.1. The third-order valence-corrected chi connectivity index (χ3v) is 5.57. The molecule has 1 aromatic heterocycles. The molecule has 1 heterocycles. The summed E-state index contributed by atoms with van der Waals surface area (Å²) in [5.41, 5.74) is 0.943. The lowest BCUT2D eigenvalue weighted by atomic mass is 10.2. The maximum Gasteiger partial charge on any atom is 0.233 e. The van der Waals surface area contributed by atoms with Crippen LogP contribution in [0.2, 0.25) is 0 Å². The van der Waals surface area contributed by atoms with Crippen LogP contribution in [-0.4, -0.2) is 35.1 Å². The Bertz CT molecular complexity index is 639. The Labute approximate surface area is 144 Å². The second kappa shape index (κ2) is 8.88. The summed E-state index contributed by atoms with van der Waals surface area (Å²) in [7, 11) is 0. The third kappa shape index (κ3) is 5.21. The number of rotatable bonds is 8. The number of carbonyl (C=O) groups is 2. The van der Waals surface area contributed by atoms with Crippen LogP contribution in [0.3, 0.4) is 0 Å². The second-order valence-corrected chi connectivity index (χ2v) is 7.42. The summed E-state index contributed by atoms with van der Waals surface area (Å²) in [6.07, 6.45) is 0.839. The van der Waals surface area contributed by atoms with Crippen LogP contribution in [0.4, 0.5) is 0 Å². The van der Waals surface area contributed by atoms with Gasteiger partial charge in [0, 0.05) is 19.5 Å². The fourth-order valence-corrected chi connectivity index (χ4v) is 4.43. The molecule has 5 nitrogen and oxygen atoms in total. The molecule has 0 aliphatic rings. The maximum atomic E-state index is 12.2. The number of amides is 2. The molecule has 0 aliphatic carbocycles. The van der Waals surface area contributed by atoms with Gasteiger partial charge < -0.3 is 10.6 Å². The first-order valence-electron chi connectivity index (χ1n) is 7.70. The van der Waals surface area contributed by atoms with Gasteiger partial charge in [0.15, 0.2) is 4.34 Å². The highest BCUT2D eigenvalue weighted by Gasteiger charge is 2.22. The number of thiazole rings is 1. The van der Waals surface area contributed by atoms with E-state index in [2.05, 4.69) is 15.6 Å². The second-order valence-electron chi connectivity index (χ2n) is 4.94. The highest BCUT2D eigenvalue weighted by atomic mass is 32.2. The molecule has 0 radical (unpaired) electrons. The van der Waals surface area contributed by atoms with Gasteiger partial charge in [-0.05, 0) is 32.4 Å². The van der Waals surface area contributed by atoms with E-state index in [1.165, 1.54) is 11.8 Å². The van der Waals surface area contributed by atoms with Crippen molar-refractivity contribution in [1.82, 2.24) is 15.6 Å². The van der Waals surface area contributed by atoms with Gasteiger partial charge in [-0.1, -0.05) is 23.9 Å². The van der Waals surface area contributed by atoms with Crippen LogP contribution >= 0.6 is 23.1 Å². The van der Waals surface area contributed by atoms with E-state index < -0.39 is 0 Å². The first-order valence-corrected chi connectivity index (χ1v) is 9.40. The van der Waals surface area contributed by atoms with E-state index in [1.54, 1.807) is 11.3 Å². The van der Waals surface area contributed by atoms with Crippen LogP contribution in [0, 0.1) is 0 Å². The minimum atomic E-state index is -0.307. The summed E-state index contributed by atoms with van der Waals surface area (Å²) in [5, 5.41) is 5.30. The molecular weight excluding hydrogens is 330 g/mol. The van der Waals surface area contributed by atoms with E-state index in [0.717, 1.165) is 14.6 Å². The monoisotopic (exact) mass is 351 g/mol. The van der Waals surface area contributed by atoms with Crippen molar-refractivity contribution in [1.29, 1.82) is 0 Å². The minimum Gasteiger partial charge on any atom is -0.356 e. The van der Waals surface area contributed by atoms with Crippen molar-refractivity contribution in [2.75, 3.05) is 13.1 Å². The Balaban J connectivity index is 2.06. The molecule has 0 bridgehead atoms. The zero-order valence-electron chi connectivity index (χ0n) is 13.3. The molecule has 124 valence electrons. The average molecular weight is 351 g/mol. The van der Waals surface area contributed by atoms with Gasteiger partial charge in [0.1, 0.15) is 0 Å². The SMILES string of the molecule is CCNC(=O)CCC(Sc1nc2ccccc2s1)C(=O)NCC. The summed E-state index contributed by atoms with van der Waals surface area (Å²) < 4.78 is 1.96. The molecule has 0 aliphatic heterocycles. The summed E-state index contributed by atoms with van der Waals surface area (Å²) in [4.78, 5) is 28.5. The molecular formula is C16H21N3O2S2. The number of thioether (sulfide) groups is 1. The smallest absolute Gasteiger partial charge is 0.233 e. The van der Waals surface area contributed by atoms with Crippen molar-refractivity contribution in [3.05, 3.63) is 24.3 Å². The number of fused-ring (bicyclic) bond motifs is 1. The van der Waals surface area contributed by atoms with Crippen LogP contribution in [-0.2, 0) is 9.59 Å². The van der Waals surface area contributed by atoms with Crippen molar-refractivity contribution in [3.63, 3.8) is 0 Å². The zero-order chi connectivity index (χ0) is 16.7. The number of hydrogen-bond acceptors (Lipinski definition) is 5. The quantitative estimate of drug-likeness (QED) is 0.718. The number of nitrogens with zero attached hydrogens (tertiary/aromatic N) is 1. The summed E-state index contributed by atoms with van der Waals surface area (Å²) in [5.74, 6) is -0.0623. The molecule has 0 spiro atoms. The molecule has 1 atom stereocenters. The molecule has 1 unspecified atom stereocenters. The van der Waals surface area contributed by atoms with Gasteiger partial charge in [-0.15, -0.1) is 11.3 Å². The molecule has 2 N–H and O–H groups in total. The Morgan fingerprint density at radius 3 is 2.65 bits per heavy atom. The molecule has 0 saturated heterocycles. The van der Waals surface area contributed by atoms with Gasteiger partial charge in [-0.25, -0.2) is 4.98 Å². The Morgan fingerprint density at radius 2 is 1.96 bits per heavy atom. The number of hydrogen-bond donors (Lipinski definition) is 2. The Kier molecular flexibility index (Phi) is 6.85. The van der Waals surface area contributed by atoms with Crippen molar-refractivity contribution in [3.8, 4) is 0 Å². The van der Waals surface area contributed by atoms with Crippen LogP contribution in [0.15, 0.2) is 28.6 Å². The molecule has 0 saturated carbocycles. The van der Waals surface area contributed by atoms with Gasteiger partial charge in [0.2, 0.25) is 11.8 Å². The van der Waals surface area contributed by atoms with Crippen LogP contribution in [0.5, 0.6) is 0 Å². The molecule has 2 rings (SSSR count). The summed E-state index contributed by atoms with van der Waals surface area (Å²) >= 11 is 3.01. The van der Waals surface area contributed by atoms with E-state index in [-0.39, 0.29) is 17.1 Å². The number of carbonyl (C=O) groups excluding carboxylic acids is 2. The lowest BCUT2D eigenvalue weighted by molar-refractivity contribution is -0.122. The Hall–Kier alpha value is -1.60. The summed E-state index contributed by atoms with van der Waals surface area (Å²) in [6, 6.07) is 7.91. The largest absolute Gasteiger partial charge is 0.356 e. The van der Waals surface area contributed by atoms with Crippen LogP contribution in [0.25, 0.3) is 10.2 Å². The molecule has 0 fully saturated rings. The fourth-order valence-electron chi connectivity index (χ4n) is 2.10. The predicted octanol–water partition coefficient (Wildman–Crippen LogP) is 2.81. The van der Waals surface area contributed by atoms with Crippen LogP contribution < -0.4 is 10.6 Å². The van der Waals surface area contributed by atoms with E-state index in [1.807, 2.05) is 38.1 Å². The van der Waals surface area contributed by atoms with Crippen LogP contribution in [0.1, 0.15) is 26.7 Å². The van der Waals surface area contributed by atoms with E-state index in [9.17, 15) is 9.59 Å². The predicted molar refractivity (Wildman–Crippen MR) is 95.9 cm³/mol. The molecule has 2 aromatic rings. The van der Waals surface area contributed by atoms with Crippen molar-refractivity contribution < 1.29 is 9.59 Å². The average Bonchev–Trinajstić information content (AvgIpc) is 2.94. The number of para-hydroxylation sites is 1. The highest BCUT2D eigenvalue weighted by Crippen LogP contribution is 2.33. The summed E-state index contributed by atoms with van der Waals surface area (Å²) in [6.45, 7) is 4.96. The topological polar surface area (TPSA) is 71.1 Å². The zero-order valence-corrected chi connectivity index (χ0v) is 14.9. The van der Waals surface area contributed by atoms with Crippen molar-refractivity contribution in [2.45, 2.75) is 36.3 Å². The fraction of sp³-hybridized carbons (Fsp3) is 0.438. The lowest BCUT2D eigenvalue weighted by Gasteiger charge is -2.14. The lowest BCUT2D eigenvalue weighted by Crippen LogP contribution is -2.33. The number of nitrogens with one attached hydrogen (secondary N) is 2. The number of benzene rings is 1. The van der Waals surface area contributed by atoms with Gasteiger partial charge >= 0.3 is 0 Å². The van der Waals surface area contributed by atoms with Crippen molar-refractivity contribution in [2.24, 2.45) is 0 Å². The van der Waals surface area contributed by atoms with E-state index >= 15 is 0 Å². The molecule has 2 amide bonds. The van der Waals surface area contributed by atoms with E-state index in [4.69, 9.17) is 0 Å². The van der Waals surface area contributed by atoms with E-state index in [0.29, 0.717) is 25.9 Å². The number of aromatic nitrogens is 1. The molecule has 23 heavy (non-hydrogen) atoms. The van der Waals surface area contributed by atoms with Gasteiger partial charge in [-0.2, -0.15) is 0 Å². The van der Waals surface area contributed by atoms with Gasteiger partial charge in [0.05, 0.1) is 15.5 Å². The van der Waals surface area contributed by atoms with Gasteiger partial charge in [0.25, 0.3) is 0 Å². The highest BCUT2D eigenvalue weighted by molar-refractivity contribution is 8.02. The van der Waals surface area contributed by atoms with Crippen molar-refractivity contribution >= 4 is 45.1 Å². The first kappa shape index (κ1) is 17.7. The molecule has 1 aromatic carbocycles. The standard InChI is InChI=1S/C16H21N3O2S2/c1-3-17-14(20)10-9-13(15(21)18-4-2)23-16-19-11-7-5-6-8-12(11)22-16/h5-8,13H,3-4,9-10H2,1-2H3,(H,17,20)(H,18,21). The first-order chi connectivity index (χ1) is 11.1. The van der Waals surface area contributed by atoms with Gasteiger partial charge in [-0.3, -0.25) is 9.59 Å².